The summed E-state index contributed by atoms with van der Waals surface area (Å²) in [5, 5.41) is 3.21. The van der Waals surface area contributed by atoms with E-state index in [4.69, 9.17) is 11.6 Å². The number of amides is 2. The van der Waals surface area contributed by atoms with Gasteiger partial charge in [0.25, 0.3) is 0 Å². The van der Waals surface area contributed by atoms with Crippen molar-refractivity contribution < 1.29 is 9.59 Å². The Bertz CT molecular complexity index is 436. The highest BCUT2D eigenvalue weighted by Gasteiger charge is 2.27. The van der Waals surface area contributed by atoms with Gasteiger partial charge in [0.05, 0.1) is 6.42 Å². The Labute approximate surface area is 97.1 Å². The first kappa shape index (κ1) is 10.9. The molecule has 0 aromatic heterocycles. The van der Waals surface area contributed by atoms with Crippen LogP contribution in [0.25, 0.3) is 0 Å². The van der Waals surface area contributed by atoms with E-state index in [1.54, 1.807) is 24.3 Å². The number of hydrogen-bond acceptors (Lipinski definition) is 3. The predicted molar refractivity (Wildman–Crippen MR) is 59.8 cm³/mol. The summed E-state index contributed by atoms with van der Waals surface area (Å²) < 4.78 is 0. The smallest absolute Gasteiger partial charge is 0.243 e. The van der Waals surface area contributed by atoms with Crippen molar-refractivity contribution in [1.29, 1.82) is 0 Å². The zero-order chi connectivity index (χ0) is 11.5. The van der Waals surface area contributed by atoms with E-state index >= 15 is 0 Å². The number of benzene rings is 1. The van der Waals surface area contributed by atoms with E-state index < -0.39 is 6.04 Å². The topological polar surface area (TPSA) is 70.2 Å². The molecule has 0 saturated carbocycles. The normalized spacial score (nSPS) is 19.3. The summed E-state index contributed by atoms with van der Waals surface area (Å²) in [4.78, 5) is 22.6. The van der Waals surface area contributed by atoms with Gasteiger partial charge in [0.2, 0.25) is 11.8 Å². The standard InChI is InChI=1S/C10H10ClN3O2/c11-6-2-1-3-7(4-6)12-10(16)8-5-9(15)14-13-8/h1-4,8,13H,5H2,(H,12,16)(H,14,15). The molecule has 6 heteroatoms. The number of nitrogens with one attached hydrogen (secondary N) is 3. The fourth-order valence-corrected chi connectivity index (χ4v) is 1.60. The van der Waals surface area contributed by atoms with Crippen LogP contribution in [0.15, 0.2) is 24.3 Å². The van der Waals surface area contributed by atoms with E-state index in [2.05, 4.69) is 16.2 Å². The molecule has 3 N–H and O–H groups in total. The molecule has 1 atom stereocenters. The van der Waals surface area contributed by atoms with E-state index in [-0.39, 0.29) is 18.2 Å². The summed E-state index contributed by atoms with van der Waals surface area (Å²) in [6, 6.07) is 6.29. The van der Waals surface area contributed by atoms with E-state index in [1.807, 2.05) is 0 Å². The molecule has 1 fully saturated rings. The van der Waals surface area contributed by atoms with Crippen LogP contribution in [0.2, 0.25) is 5.02 Å². The Morgan fingerprint density at radius 3 is 2.94 bits per heavy atom. The molecule has 16 heavy (non-hydrogen) atoms. The van der Waals surface area contributed by atoms with Crippen molar-refractivity contribution >= 4 is 29.1 Å². The van der Waals surface area contributed by atoms with Crippen molar-refractivity contribution in [2.45, 2.75) is 12.5 Å². The maximum absolute atomic E-state index is 11.7. The van der Waals surface area contributed by atoms with Gasteiger partial charge in [-0.05, 0) is 18.2 Å². The molecule has 5 nitrogen and oxygen atoms in total. The molecule has 1 heterocycles. The largest absolute Gasteiger partial charge is 0.325 e. The Hall–Kier alpha value is -1.59. The monoisotopic (exact) mass is 239 g/mol. The second-order valence-electron chi connectivity index (χ2n) is 3.45. The third kappa shape index (κ3) is 2.50. The van der Waals surface area contributed by atoms with Crippen LogP contribution in [0.5, 0.6) is 0 Å². The molecular formula is C10H10ClN3O2. The number of halogens is 1. The molecule has 1 aliphatic rings. The quantitative estimate of drug-likeness (QED) is 0.711. The van der Waals surface area contributed by atoms with Gasteiger partial charge in [0.15, 0.2) is 0 Å². The summed E-state index contributed by atoms with van der Waals surface area (Å²) in [6.45, 7) is 0. The van der Waals surface area contributed by atoms with Crippen molar-refractivity contribution in [2.75, 3.05) is 5.32 Å². The van der Waals surface area contributed by atoms with Crippen LogP contribution < -0.4 is 16.2 Å². The first-order chi connectivity index (χ1) is 7.65. The molecule has 0 radical (unpaired) electrons. The van der Waals surface area contributed by atoms with Gasteiger partial charge in [0, 0.05) is 10.7 Å². The van der Waals surface area contributed by atoms with Crippen LogP contribution in [0, 0.1) is 0 Å². The zero-order valence-corrected chi connectivity index (χ0v) is 9.04. The lowest BCUT2D eigenvalue weighted by molar-refractivity contribution is -0.121. The number of hydrogen-bond donors (Lipinski definition) is 3. The Morgan fingerprint density at radius 1 is 1.50 bits per heavy atom. The second-order valence-corrected chi connectivity index (χ2v) is 3.89. The van der Waals surface area contributed by atoms with Crippen molar-refractivity contribution in [2.24, 2.45) is 0 Å². The predicted octanol–water partition coefficient (Wildman–Crippen LogP) is 0.672. The van der Waals surface area contributed by atoms with Crippen LogP contribution in [-0.2, 0) is 9.59 Å². The van der Waals surface area contributed by atoms with Crippen LogP contribution in [0.4, 0.5) is 5.69 Å². The maximum Gasteiger partial charge on any atom is 0.243 e. The fourth-order valence-electron chi connectivity index (χ4n) is 1.41. The van der Waals surface area contributed by atoms with Crippen LogP contribution >= 0.6 is 11.6 Å². The van der Waals surface area contributed by atoms with Gasteiger partial charge in [-0.15, -0.1) is 0 Å². The number of carbonyl (C=O) groups excluding carboxylic acids is 2. The van der Waals surface area contributed by atoms with E-state index in [9.17, 15) is 9.59 Å². The van der Waals surface area contributed by atoms with E-state index in [0.717, 1.165) is 0 Å². The van der Waals surface area contributed by atoms with Gasteiger partial charge in [0.1, 0.15) is 6.04 Å². The Kier molecular flexibility index (Phi) is 3.07. The molecular weight excluding hydrogens is 230 g/mol. The molecule has 2 rings (SSSR count). The number of rotatable bonds is 2. The number of anilines is 1. The minimum atomic E-state index is -0.536. The van der Waals surface area contributed by atoms with Gasteiger partial charge in [-0.25, -0.2) is 5.43 Å². The average Bonchev–Trinajstić information content (AvgIpc) is 2.65. The zero-order valence-electron chi connectivity index (χ0n) is 8.29. The second kappa shape index (κ2) is 4.51. The lowest BCUT2D eigenvalue weighted by Gasteiger charge is -2.09. The molecule has 1 aromatic carbocycles. The minimum absolute atomic E-state index is 0.145. The molecule has 2 amide bonds. The summed E-state index contributed by atoms with van der Waals surface area (Å²) in [5.41, 5.74) is 5.58. The molecule has 0 bridgehead atoms. The van der Waals surface area contributed by atoms with Gasteiger partial charge < -0.3 is 5.32 Å². The highest BCUT2D eigenvalue weighted by molar-refractivity contribution is 6.30. The van der Waals surface area contributed by atoms with Crippen molar-refractivity contribution in [1.82, 2.24) is 10.9 Å². The Balaban J connectivity index is 1.99. The van der Waals surface area contributed by atoms with Crippen LogP contribution in [-0.4, -0.2) is 17.9 Å². The Morgan fingerprint density at radius 2 is 2.31 bits per heavy atom. The fraction of sp³-hybridized carbons (Fsp3) is 0.200. The maximum atomic E-state index is 11.7. The third-order valence-corrected chi connectivity index (χ3v) is 2.42. The highest BCUT2D eigenvalue weighted by Crippen LogP contribution is 2.15. The average molecular weight is 240 g/mol. The molecule has 1 aliphatic heterocycles. The van der Waals surface area contributed by atoms with Crippen molar-refractivity contribution in [3.8, 4) is 0 Å². The molecule has 0 spiro atoms. The van der Waals surface area contributed by atoms with Gasteiger partial charge >= 0.3 is 0 Å². The summed E-state index contributed by atoms with van der Waals surface area (Å²) >= 11 is 5.78. The minimum Gasteiger partial charge on any atom is -0.325 e. The lowest BCUT2D eigenvalue weighted by atomic mass is 10.2. The lowest BCUT2D eigenvalue weighted by Crippen LogP contribution is -2.39. The summed E-state index contributed by atoms with van der Waals surface area (Å²) in [6.07, 6.45) is 0.145. The van der Waals surface area contributed by atoms with Crippen molar-refractivity contribution in [3.63, 3.8) is 0 Å². The summed E-state index contributed by atoms with van der Waals surface area (Å²) in [5.74, 6) is -0.452. The van der Waals surface area contributed by atoms with Gasteiger partial charge in [-0.2, -0.15) is 0 Å². The van der Waals surface area contributed by atoms with Gasteiger partial charge in [-0.3, -0.25) is 15.0 Å². The van der Waals surface area contributed by atoms with Crippen LogP contribution in [0.3, 0.4) is 0 Å². The van der Waals surface area contributed by atoms with E-state index in [1.165, 1.54) is 0 Å². The SMILES string of the molecule is O=C1CC(C(=O)Nc2cccc(Cl)c2)NN1. The first-order valence-electron chi connectivity index (χ1n) is 4.76. The highest BCUT2D eigenvalue weighted by atomic mass is 35.5. The molecule has 0 aliphatic carbocycles. The van der Waals surface area contributed by atoms with E-state index in [0.29, 0.717) is 10.7 Å². The molecule has 1 saturated heterocycles. The molecule has 1 unspecified atom stereocenters. The number of carbonyl (C=O) groups is 2. The number of hydrazine groups is 1. The summed E-state index contributed by atoms with van der Waals surface area (Å²) in [7, 11) is 0. The molecule has 1 aromatic rings. The molecule has 84 valence electrons. The van der Waals surface area contributed by atoms with Crippen LogP contribution in [0.1, 0.15) is 6.42 Å². The first-order valence-corrected chi connectivity index (χ1v) is 5.14. The van der Waals surface area contributed by atoms with Crippen molar-refractivity contribution in [3.05, 3.63) is 29.3 Å². The third-order valence-electron chi connectivity index (χ3n) is 2.18. The van der Waals surface area contributed by atoms with Gasteiger partial charge in [-0.1, -0.05) is 17.7 Å².